The zero-order valence-electron chi connectivity index (χ0n) is 12.2. The number of carbonyl (C=O) groups excluding carboxylic acids is 1. The molecule has 20 heavy (non-hydrogen) atoms. The number of hydrogen-bond donors (Lipinski definition) is 1. The number of ether oxygens (including phenoxy) is 1. The third-order valence-corrected chi connectivity index (χ3v) is 3.49. The van der Waals surface area contributed by atoms with Crippen molar-refractivity contribution in [1.29, 1.82) is 0 Å². The van der Waals surface area contributed by atoms with Crippen LogP contribution in [0, 0.1) is 0 Å². The SMILES string of the molecule is CCCOCCCN1CNC(Cc2ccccc2)C1=O. The van der Waals surface area contributed by atoms with Crippen LogP contribution >= 0.6 is 0 Å². The highest BCUT2D eigenvalue weighted by atomic mass is 16.5. The van der Waals surface area contributed by atoms with Gasteiger partial charge in [0.25, 0.3) is 0 Å². The van der Waals surface area contributed by atoms with E-state index in [1.54, 1.807) is 0 Å². The standard InChI is InChI=1S/C16H24N2O2/c1-2-10-20-11-6-9-18-13-17-15(16(18)19)12-14-7-4-3-5-8-14/h3-5,7-8,15,17H,2,6,9-13H2,1H3. The second-order valence-electron chi connectivity index (χ2n) is 5.17. The van der Waals surface area contributed by atoms with Crippen LogP contribution < -0.4 is 5.32 Å². The first-order valence-corrected chi connectivity index (χ1v) is 7.45. The first-order valence-electron chi connectivity index (χ1n) is 7.45. The van der Waals surface area contributed by atoms with Crippen molar-refractivity contribution in [2.75, 3.05) is 26.4 Å². The fourth-order valence-electron chi connectivity index (χ4n) is 2.41. The Hall–Kier alpha value is -1.39. The molecule has 1 aliphatic heterocycles. The molecular formula is C16H24N2O2. The van der Waals surface area contributed by atoms with Crippen LogP contribution in [0.5, 0.6) is 0 Å². The van der Waals surface area contributed by atoms with Crippen LogP contribution in [-0.4, -0.2) is 43.3 Å². The van der Waals surface area contributed by atoms with Gasteiger partial charge in [-0.05, 0) is 24.8 Å². The van der Waals surface area contributed by atoms with Gasteiger partial charge in [-0.3, -0.25) is 10.1 Å². The van der Waals surface area contributed by atoms with Crippen molar-refractivity contribution < 1.29 is 9.53 Å². The summed E-state index contributed by atoms with van der Waals surface area (Å²) >= 11 is 0. The van der Waals surface area contributed by atoms with E-state index < -0.39 is 0 Å². The highest BCUT2D eigenvalue weighted by Crippen LogP contribution is 2.10. The normalized spacial score (nSPS) is 18.8. The van der Waals surface area contributed by atoms with Crippen LogP contribution in [0.4, 0.5) is 0 Å². The Morgan fingerprint density at radius 2 is 2.10 bits per heavy atom. The Balaban J connectivity index is 1.72. The van der Waals surface area contributed by atoms with Gasteiger partial charge in [-0.2, -0.15) is 0 Å². The highest BCUT2D eigenvalue weighted by molar-refractivity contribution is 5.84. The Labute approximate surface area is 121 Å². The molecule has 1 fully saturated rings. The molecule has 1 unspecified atom stereocenters. The summed E-state index contributed by atoms with van der Waals surface area (Å²) in [6, 6.07) is 10.1. The zero-order valence-corrected chi connectivity index (χ0v) is 12.2. The maximum absolute atomic E-state index is 12.3. The molecule has 1 saturated heterocycles. The minimum absolute atomic E-state index is 0.0750. The molecule has 1 atom stereocenters. The summed E-state index contributed by atoms with van der Waals surface area (Å²) in [5.41, 5.74) is 1.20. The van der Waals surface area contributed by atoms with E-state index in [1.165, 1.54) is 5.56 Å². The van der Waals surface area contributed by atoms with E-state index in [0.29, 0.717) is 6.67 Å². The van der Waals surface area contributed by atoms with Gasteiger partial charge in [-0.25, -0.2) is 0 Å². The van der Waals surface area contributed by atoms with Crippen molar-refractivity contribution in [3.8, 4) is 0 Å². The number of nitrogens with one attached hydrogen (secondary N) is 1. The lowest BCUT2D eigenvalue weighted by molar-refractivity contribution is -0.129. The lowest BCUT2D eigenvalue weighted by Gasteiger charge is -2.15. The molecule has 1 aliphatic rings. The average Bonchev–Trinajstić information content (AvgIpc) is 2.81. The largest absolute Gasteiger partial charge is 0.381 e. The molecule has 1 amide bonds. The zero-order chi connectivity index (χ0) is 14.2. The predicted molar refractivity (Wildman–Crippen MR) is 79.4 cm³/mol. The van der Waals surface area contributed by atoms with Crippen LogP contribution in [0.2, 0.25) is 0 Å². The molecule has 2 rings (SSSR count). The molecule has 0 spiro atoms. The Morgan fingerprint density at radius 1 is 1.30 bits per heavy atom. The van der Waals surface area contributed by atoms with Crippen molar-refractivity contribution in [3.63, 3.8) is 0 Å². The van der Waals surface area contributed by atoms with E-state index in [9.17, 15) is 4.79 Å². The van der Waals surface area contributed by atoms with Gasteiger partial charge >= 0.3 is 0 Å². The van der Waals surface area contributed by atoms with E-state index in [1.807, 2.05) is 23.1 Å². The predicted octanol–water partition coefficient (Wildman–Crippen LogP) is 1.80. The summed E-state index contributed by atoms with van der Waals surface area (Å²) < 4.78 is 5.44. The van der Waals surface area contributed by atoms with Crippen molar-refractivity contribution in [3.05, 3.63) is 35.9 Å². The van der Waals surface area contributed by atoms with Gasteiger partial charge < -0.3 is 9.64 Å². The quantitative estimate of drug-likeness (QED) is 0.736. The van der Waals surface area contributed by atoms with Gasteiger partial charge in [-0.1, -0.05) is 37.3 Å². The molecule has 1 N–H and O–H groups in total. The van der Waals surface area contributed by atoms with E-state index in [0.717, 1.165) is 39.0 Å². The van der Waals surface area contributed by atoms with Gasteiger partial charge in [0.2, 0.25) is 5.91 Å². The maximum atomic E-state index is 12.3. The minimum Gasteiger partial charge on any atom is -0.381 e. The topological polar surface area (TPSA) is 41.6 Å². The van der Waals surface area contributed by atoms with E-state index in [4.69, 9.17) is 4.74 Å². The number of hydrogen-bond acceptors (Lipinski definition) is 3. The molecule has 1 heterocycles. The van der Waals surface area contributed by atoms with Crippen LogP contribution in [-0.2, 0) is 16.0 Å². The first kappa shape index (κ1) is 15.0. The summed E-state index contributed by atoms with van der Waals surface area (Å²) in [4.78, 5) is 14.1. The fraction of sp³-hybridized carbons (Fsp3) is 0.562. The third kappa shape index (κ3) is 4.32. The number of benzene rings is 1. The lowest BCUT2D eigenvalue weighted by Crippen LogP contribution is -2.33. The van der Waals surface area contributed by atoms with Crippen LogP contribution in [0.1, 0.15) is 25.3 Å². The van der Waals surface area contributed by atoms with E-state index in [2.05, 4.69) is 24.4 Å². The second-order valence-corrected chi connectivity index (χ2v) is 5.17. The second kappa shape index (κ2) is 8.02. The summed E-state index contributed by atoms with van der Waals surface area (Å²) in [6.07, 6.45) is 2.72. The molecule has 0 aliphatic carbocycles. The van der Waals surface area contributed by atoms with Gasteiger partial charge in [0.15, 0.2) is 0 Å². The molecular weight excluding hydrogens is 252 g/mol. The molecule has 1 aromatic carbocycles. The summed E-state index contributed by atoms with van der Waals surface area (Å²) in [6.45, 7) is 5.08. The van der Waals surface area contributed by atoms with Crippen molar-refractivity contribution in [2.45, 2.75) is 32.2 Å². The van der Waals surface area contributed by atoms with Gasteiger partial charge in [0.1, 0.15) is 0 Å². The Kier molecular flexibility index (Phi) is 6.02. The van der Waals surface area contributed by atoms with Gasteiger partial charge in [0.05, 0.1) is 12.7 Å². The van der Waals surface area contributed by atoms with Crippen molar-refractivity contribution in [2.24, 2.45) is 0 Å². The highest BCUT2D eigenvalue weighted by Gasteiger charge is 2.30. The summed E-state index contributed by atoms with van der Waals surface area (Å²) in [5.74, 6) is 0.212. The molecule has 0 radical (unpaired) electrons. The van der Waals surface area contributed by atoms with Crippen molar-refractivity contribution >= 4 is 5.91 Å². The number of nitrogens with zero attached hydrogens (tertiary/aromatic N) is 1. The average molecular weight is 276 g/mol. The smallest absolute Gasteiger partial charge is 0.241 e. The van der Waals surface area contributed by atoms with Crippen molar-refractivity contribution in [1.82, 2.24) is 10.2 Å². The molecule has 0 bridgehead atoms. The maximum Gasteiger partial charge on any atom is 0.241 e. The first-order chi connectivity index (χ1) is 9.81. The number of carbonyl (C=O) groups is 1. The van der Waals surface area contributed by atoms with Crippen LogP contribution in [0.3, 0.4) is 0 Å². The monoisotopic (exact) mass is 276 g/mol. The molecule has 0 saturated carbocycles. The number of rotatable bonds is 8. The Bertz CT molecular complexity index is 408. The van der Waals surface area contributed by atoms with Gasteiger partial charge in [-0.15, -0.1) is 0 Å². The van der Waals surface area contributed by atoms with Crippen LogP contribution in [0.25, 0.3) is 0 Å². The molecule has 4 nitrogen and oxygen atoms in total. The third-order valence-electron chi connectivity index (χ3n) is 3.49. The molecule has 0 aromatic heterocycles. The minimum atomic E-state index is -0.0750. The summed E-state index contributed by atoms with van der Waals surface area (Å²) in [5, 5.41) is 3.29. The van der Waals surface area contributed by atoms with E-state index >= 15 is 0 Å². The number of amides is 1. The van der Waals surface area contributed by atoms with E-state index in [-0.39, 0.29) is 11.9 Å². The molecule has 4 heteroatoms. The fourth-order valence-corrected chi connectivity index (χ4v) is 2.41. The molecule has 110 valence electrons. The van der Waals surface area contributed by atoms with Crippen LogP contribution in [0.15, 0.2) is 30.3 Å². The Morgan fingerprint density at radius 3 is 2.85 bits per heavy atom. The summed E-state index contributed by atoms with van der Waals surface area (Å²) in [7, 11) is 0. The molecule has 1 aromatic rings. The lowest BCUT2D eigenvalue weighted by atomic mass is 10.1. The van der Waals surface area contributed by atoms with Gasteiger partial charge in [0, 0.05) is 19.8 Å².